The Bertz CT molecular complexity index is 1080. The SMILES string of the molecule is CC(C)C1(C(=O)N[C@@H](CC(=O)O)C(=O)CF)CC(c2cc3cc(Cl)ccc3n2C)=NO1. The molecule has 0 fully saturated rings. The number of nitrogens with one attached hydrogen (secondary N) is 1. The number of hydrogen-bond acceptors (Lipinski definition) is 5. The summed E-state index contributed by atoms with van der Waals surface area (Å²) >= 11 is 6.08. The van der Waals surface area contributed by atoms with Gasteiger partial charge in [-0.25, -0.2) is 4.39 Å². The van der Waals surface area contributed by atoms with Crippen molar-refractivity contribution in [3.63, 3.8) is 0 Å². The third-order valence-electron chi connectivity index (χ3n) is 5.57. The van der Waals surface area contributed by atoms with Crippen LogP contribution in [0.4, 0.5) is 4.39 Å². The topological polar surface area (TPSA) is 110 Å². The number of carboxylic acids is 1. The van der Waals surface area contributed by atoms with Crippen LogP contribution in [0.15, 0.2) is 29.4 Å². The van der Waals surface area contributed by atoms with E-state index in [4.69, 9.17) is 21.5 Å². The molecule has 0 saturated carbocycles. The Morgan fingerprint density at radius 2 is 2.06 bits per heavy atom. The number of aryl methyl sites for hydroxylation is 1. The number of nitrogens with zero attached hydrogens (tertiary/aromatic N) is 2. The monoisotopic (exact) mass is 451 g/mol. The number of carboxylic acid groups (broad SMARTS) is 1. The van der Waals surface area contributed by atoms with E-state index < -0.39 is 42.4 Å². The van der Waals surface area contributed by atoms with Gasteiger partial charge in [0.05, 0.1) is 12.1 Å². The normalized spacial score (nSPS) is 19.2. The summed E-state index contributed by atoms with van der Waals surface area (Å²) in [7, 11) is 1.85. The second-order valence-electron chi connectivity index (χ2n) is 7.87. The standard InChI is InChI=1S/C21H23ClFN3O5/c1-11(2)21(20(30)24-14(8-19(28)29)18(27)10-23)9-15(25-31-21)17-7-12-6-13(22)4-5-16(12)26(17)3/h4-7,11,14H,8-10H2,1-3H3,(H,24,30)(H,28,29)/t14-,21?/m0/s1. The van der Waals surface area contributed by atoms with Crippen molar-refractivity contribution in [3.05, 3.63) is 35.0 Å². The van der Waals surface area contributed by atoms with Crippen molar-refractivity contribution in [1.82, 2.24) is 9.88 Å². The van der Waals surface area contributed by atoms with Crippen LogP contribution >= 0.6 is 11.6 Å². The first-order valence-electron chi connectivity index (χ1n) is 9.71. The number of carbonyl (C=O) groups is 3. The van der Waals surface area contributed by atoms with Crippen molar-refractivity contribution in [1.29, 1.82) is 0 Å². The largest absolute Gasteiger partial charge is 0.481 e. The fourth-order valence-electron chi connectivity index (χ4n) is 3.67. The minimum Gasteiger partial charge on any atom is -0.481 e. The number of halogens is 2. The molecule has 10 heteroatoms. The summed E-state index contributed by atoms with van der Waals surface area (Å²) in [6, 6.07) is 5.87. The summed E-state index contributed by atoms with van der Waals surface area (Å²) in [6.07, 6.45) is -0.627. The molecule has 1 aromatic heterocycles. The minimum absolute atomic E-state index is 0.0952. The lowest BCUT2D eigenvalue weighted by Gasteiger charge is -2.30. The molecule has 2 heterocycles. The molecule has 1 aliphatic rings. The Kier molecular flexibility index (Phi) is 6.35. The Hall–Kier alpha value is -2.94. The molecule has 2 aromatic rings. The van der Waals surface area contributed by atoms with E-state index in [9.17, 15) is 18.8 Å². The number of rotatable bonds is 8. The van der Waals surface area contributed by atoms with E-state index in [1.807, 2.05) is 29.8 Å². The highest BCUT2D eigenvalue weighted by Gasteiger charge is 2.50. The van der Waals surface area contributed by atoms with E-state index in [2.05, 4.69) is 10.5 Å². The van der Waals surface area contributed by atoms with E-state index in [0.29, 0.717) is 10.7 Å². The third-order valence-corrected chi connectivity index (χ3v) is 5.81. The third kappa shape index (κ3) is 4.27. The molecule has 0 saturated heterocycles. The molecule has 1 aromatic carbocycles. The van der Waals surface area contributed by atoms with Crippen molar-refractivity contribution in [3.8, 4) is 0 Å². The zero-order chi connectivity index (χ0) is 22.9. The number of ketones is 1. The predicted molar refractivity (Wildman–Crippen MR) is 113 cm³/mol. The molecular weight excluding hydrogens is 429 g/mol. The Labute approximate surface area is 183 Å². The van der Waals surface area contributed by atoms with Gasteiger partial charge >= 0.3 is 5.97 Å². The van der Waals surface area contributed by atoms with Gasteiger partial charge in [0.1, 0.15) is 18.4 Å². The van der Waals surface area contributed by atoms with E-state index in [0.717, 1.165) is 16.6 Å². The van der Waals surface area contributed by atoms with E-state index in [1.165, 1.54) is 0 Å². The predicted octanol–water partition coefficient (Wildman–Crippen LogP) is 2.85. The maximum absolute atomic E-state index is 13.1. The molecule has 166 valence electrons. The molecule has 0 spiro atoms. The van der Waals surface area contributed by atoms with E-state index in [-0.39, 0.29) is 12.3 Å². The zero-order valence-corrected chi connectivity index (χ0v) is 18.1. The highest BCUT2D eigenvalue weighted by atomic mass is 35.5. The molecule has 1 unspecified atom stereocenters. The summed E-state index contributed by atoms with van der Waals surface area (Å²) in [4.78, 5) is 41.5. The molecule has 2 atom stereocenters. The lowest BCUT2D eigenvalue weighted by atomic mass is 9.84. The van der Waals surface area contributed by atoms with Crippen LogP contribution in [0.1, 0.15) is 32.4 Å². The van der Waals surface area contributed by atoms with Crippen LogP contribution in [0.3, 0.4) is 0 Å². The van der Waals surface area contributed by atoms with Crippen LogP contribution < -0.4 is 5.32 Å². The molecule has 1 aliphatic heterocycles. The molecule has 1 amide bonds. The van der Waals surface area contributed by atoms with Gasteiger partial charge in [0.25, 0.3) is 5.91 Å². The highest BCUT2D eigenvalue weighted by molar-refractivity contribution is 6.31. The minimum atomic E-state index is -1.49. The van der Waals surface area contributed by atoms with Crippen LogP contribution in [0.25, 0.3) is 10.9 Å². The van der Waals surface area contributed by atoms with Gasteiger partial charge < -0.3 is 19.8 Å². The molecule has 2 N–H and O–H groups in total. The fourth-order valence-corrected chi connectivity index (χ4v) is 3.85. The second-order valence-corrected chi connectivity index (χ2v) is 8.30. The fraction of sp³-hybridized carbons (Fsp3) is 0.429. The van der Waals surface area contributed by atoms with E-state index >= 15 is 0 Å². The number of fused-ring (bicyclic) bond motifs is 1. The lowest BCUT2D eigenvalue weighted by molar-refractivity contribution is -0.152. The average Bonchev–Trinajstić information content (AvgIpc) is 3.29. The van der Waals surface area contributed by atoms with Crippen molar-refractivity contribution in [2.45, 2.75) is 38.3 Å². The first-order valence-corrected chi connectivity index (χ1v) is 10.1. The molecule has 0 bridgehead atoms. The number of aliphatic carboxylic acids is 1. The number of Topliss-reactive ketones (excluding diaryl/α,β-unsaturated/α-hetero) is 1. The van der Waals surface area contributed by atoms with Gasteiger partial charge in [-0.2, -0.15) is 0 Å². The van der Waals surface area contributed by atoms with Gasteiger partial charge in [-0.15, -0.1) is 0 Å². The van der Waals surface area contributed by atoms with Gasteiger partial charge in [0.2, 0.25) is 5.60 Å². The van der Waals surface area contributed by atoms with Crippen LogP contribution in [-0.2, 0) is 26.3 Å². The number of alkyl halides is 1. The van der Waals surface area contributed by atoms with Gasteiger partial charge in [-0.05, 0) is 24.3 Å². The summed E-state index contributed by atoms with van der Waals surface area (Å²) in [5.74, 6) is -3.43. The van der Waals surface area contributed by atoms with Crippen LogP contribution in [0.5, 0.6) is 0 Å². The van der Waals surface area contributed by atoms with Gasteiger partial charge in [0, 0.05) is 35.3 Å². The van der Waals surface area contributed by atoms with Crippen molar-refractivity contribution >= 4 is 45.9 Å². The van der Waals surface area contributed by atoms with Crippen LogP contribution in [0, 0.1) is 5.92 Å². The smallest absolute Gasteiger partial charge is 0.305 e. The maximum atomic E-state index is 13.1. The first kappa shape index (κ1) is 22.7. The maximum Gasteiger partial charge on any atom is 0.305 e. The number of benzene rings is 1. The summed E-state index contributed by atoms with van der Waals surface area (Å²) in [5.41, 5.74) is 0.708. The van der Waals surface area contributed by atoms with Crippen LogP contribution in [0.2, 0.25) is 5.02 Å². The molecule has 0 radical (unpaired) electrons. The molecule has 0 aliphatic carbocycles. The summed E-state index contributed by atoms with van der Waals surface area (Å²) < 4.78 is 14.8. The Balaban J connectivity index is 1.88. The Morgan fingerprint density at radius 3 is 2.68 bits per heavy atom. The molecular formula is C21H23ClFN3O5. The molecule has 31 heavy (non-hydrogen) atoms. The number of amides is 1. The van der Waals surface area contributed by atoms with Crippen LogP contribution in [-0.4, -0.2) is 51.4 Å². The molecule has 3 rings (SSSR count). The number of hydrogen-bond donors (Lipinski definition) is 2. The van der Waals surface area contributed by atoms with E-state index in [1.54, 1.807) is 19.9 Å². The summed E-state index contributed by atoms with van der Waals surface area (Å²) in [5, 5.41) is 17.0. The average molecular weight is 452 g/mol. The highest BCUT2D eigenvalue weighted by Crippen LogP contribution is 2.35. The van der Waals surface area contributed by atoms with Crippen molar-refractivity contribution in [2.75, 3.05) is 6.67 Å². The first-order chi connectivity index (χ1) is 14.6. The quantitative estimate of drug-likeness (QED) is 0.641. The Morgan fingerprint density at radius 1 is 1.35 bits per heavy atom. The van der Waals surface area contributed by atoms with Gasteiger partial charge in [0.15, 0.2) is 5.78 Å². The number of oxime groups is 1. The van der Waals surface area contributed by atoms with Crippen molar-refractivity contribution < 1.29 is 28.7 Å². The summed E-state index contributed by atoms with van der Waals surface area (Å²) in [6.45, 7) is 2.12. The number of aromatic nitrogens is 1. The molecule has 8 nitrogen and oxygen atoms in total. The van der Waals surface area contributed by atoms with Crippen molar-refractivity contribution in [2.24, 2.45) is 18.1 Å². The van der Waals surface area contributed by atoms with Gasteiger partial charge in [-0.3, -0.25) is 14.4 Å². The lowest BCUT2D eigenvalue weighted by Crippen LogP contribution is -2.55. The second kappa shape index (κ2) is 8.66. The van der Waals surface area contributed by atoms with Gasteiger partial charge in [-0.1, -0.05) is 30.6 Å². The number of carbonyl (C=O) groups excluding carboxylic acids is 2. The zero-order valence-electron chi connectivity index (χ0n) is 17.3.